The summed E-state index contributed by atoms with van der Waals surface area (Å²) in [6.45, 7) is 0.308. The standard InChI is InChI=1S/C23H18FN3O4S/c24-17-6-3-15(4-7-17)16-5-10-19-20(11-16)21(23(29)27-22(19)28)13-26-12-14-1-8-18(9-2-14)32(25,30)31/h1-11,13,26H,12H2,(H2,25,30,31)(H,27,28,29)/b21-13-. The number of amides is 2. The number of nitrogens with one attached hydrogen (secondary N) is 2. The molecule has 0 bridgehead atoms. The SMILES string of the molecule is NS(=O)(=O)c1ccc(CN/C=C2\C(=O)NC(=O)c3ccc(-c4ccc(F)cc4)cc32)cc1. The average Bonchev–Trinajstić information content (AvgIpc) is 2.76. The molecule has 1 heterocycles. The van der Waals surface area contributed by atoms with E-state index in [0.717, 1.165) is 16.7 Å². The van der Waals surface area contributed by atoms with Gasteiger partial charge in [-0.2, -0.15) is 0 Å². The van der Waals surface area contributed by atoms with E-state index in [9.17, 15) is 22.4 Å². The highest BCUT2D eigenvalue weighted by molar-refractivity contribution is 7.89. The highest BCUT2D eigenvalue weighted by atomic mass is 32.2. The maximum Gasteiger partial charge on any atom is 0.260 e. The van der Waals surface area contributed by atoms with E-state index >= 15 is 0 Å². The van der Waals surface area contributed by atoms with Gasteiger partial charge in [-0.25, -0.2) is 17.9 Å². The number of hydrogen-bond donors (Lipinski definition) is 3. The Balaban J connectivity index is 1.61. The maximum atomic E-state index is 13.2. The lowest BCUT2D eigenvalue weighted by atomic mass is 9.91. The summed E-state index contributed by atoms with van der Waals surface area (Å²) < 4.78 is 36.0. The maximum absolute atomic E-state index is 13.2. The van der Waals surface area contributed by atoms with Gasteiger partial charge in [-0.1, -0.05) is 30.3 Å². The molecule has 0 aromatic heterocycles. The lowest BCUT2D eigenvalue weighted by molar-refractivity contribution is -0.114. The van der Waals surface area contributed by atoms with Crippen LogP contribution in [0.5, 0.6) is 0 Å². The van der Waals surface area contributed by atoms with Crippen LogP contribution in [0.4, 0.5) is 4.39 Å². The molecule has 3 aromatic carbocycles. The normalized spacial score (nSPS) is 14.8. The molecule has 7 nitrogen and oxygen atoms in total. The molecule has 32 heavy (non-hydrogen) atoms. The highest BCUT2D eigenvalue weighted by Crippen LogP contribution is 2.29. The summed E-state index contributed by atoms with van der Waals surface area (Å²) >= 11 is 0. The smallest absolute Gasteiger partial charge is 0.260 e. The van der Waals surface area contributed by atoms with Crippen molar-refractivity contribution < 1.29 is 22.4 Å². The second kappa shape index (κ2) is 8.37. The summed E-state index contributed by atoms with van der Waals surface area (Å²) in [6.07, 6.45) is 1.50. The van der Waals surface area contributed by atoms with Crippen LogP contribution in [0.15, 0.2) is 77.8 Å². The summed E-state index contributed by atoms with van der Waals surface area (Å²) in [5, 5.41) is 10.4. The molecule has 0 spiro atoms. The van der Waals surface area contributed by atoms with Crippen LogP contribution >= 0.6 is 0 Å². The van der Waals surface area contributed by atoms with Crippen molar-refractivity contribution >= 4 is 27.4 Å². The molecule has 3 aromatic rings. The zero-order chi connectivity index (χ0) is 22.9. The van der Waals surface area contributed by atoms with Crippen molar-refractivity contribution in [3.63, 3.8) is 0 Å². The number of carbonyl (C=O) groups is 2. The predicted molar refractivity (Wildman–Crippen MR) is 117 cm³/mol. The van der Waals surface area contributed by atoms with E-state index in [0.29, 0.717) is 17.7 Å². The summed E-state index contributed by atoms with van der Waals surface area (Å²) in [6, 6.07) is 17.0. The van der Waals surface area contributed by atoms with Gasteiger partial charge in [0.1, 0.15) is 5.82 Å². The van der Waals surface area contributed by atoms with Gasteiger partial charge in [0.25, 0.3) is 11.8 Å². The van der Waals surface area contributed by atoms with Crippen molar-refractivity contribution in [2.75, 3.05) is 0 Å². The summed E-state index contributed by atoms with van der Waals surface area (Å²) in [5.74, 6) is -1.40. The Hall–Kier alpha value is -3.82. The molecule has 162 valence electrons. The number of fused-ring (bicyclic) bond motifs is 1. The molecule has 0 unspecified atom stereocenters. The van der Waals surface area contributed by atoms with Crippen molar-refractivity contribution in [1.29, 1.82) is 0 Å². The molecule has 1 aliphatic rings. The van der Waals surface area contributed by atoms with Gasteiger partial charge in [-0.15, -0.1) is 0 Å². The predicted octanol–water partition coefficient (Wildman–Crippen LogP) is 2.54. The van der Waals surface area contributed by atoms with Crippen molar-refractivity contribution in [3.05, 3.63) is 95.4 Å². The van der Waals surface area contributed by atoms with Crippen LogP contribution in [0.25, 0.3) is 16.7 Å². The van der Waals surface area contributed by atoms with E-state index < -0.39 is 21.8 Å². The van der Waals surface area contributed by atoms with Crippen LogP contribution in [-0.4, -0.2) is 20.2 Å². The molecule has 4 rings (SSSR count). The Morgan fingerprint density at radius 3 is 2.19 bits per heavy atom. The molecule has 9 heteroatoms. The van der Waals surface area contributed by atoms with E-state index in [1.807, 2.05) is 0 Å². The fourth-order valence-corrected chi connectivity index (χ4v) is 3.87. The van der Waals surface area contributed by atoms with E-state index in [1.54, 1.807) is 42.5 Å². The first-order valence-electron chi connectivity index (χ1n) is 9.54. The summed E-state index contributed by atoms with van der Waals surface area (Å²) in [5.41, 5.74) is 3.32. The number of primary sulfonamides is 1. The average molecular weight is 451 g/mol. The Bertz CT molecular complexity index is 1350. The lowest BCUT2D eigenvalue weighted by Crippen LogP contribution is -2.37. The van der Waals surface area contributed by atoms with Gasteiger partial charge < -0.3 is 5.32 Å². The first kappa shape index (κ1) is 21.4. The molecule has 0 saturated heterocycles. The van der Waals surface area contributed by atoms with Crippen molar-refractivity contribution in [1.82, 2.24) is 10.6 Å². The zero-order valence-electron chi connectivity index (χ0n) is 16.6. The largest absolute Gasteiger partial charge is 0.386 e. The third kappa shape index (κ3) is 4.43. The Kier molecular flexibility index (Phi) is 5.60. The minimum Gasteiger partial charge on any atom is -0.386 e. The van der Waals surface area contributed by atoms with Gasteiger partial charge in [0, 0.05) is 23.9 Å². The van der Waals surface area contributed by atoms with Gasteiger partial charge in [0.2, 0.25) is 10.0 Å². The number of sulfonamides is 1. The molecule has 1 aliphatic heterocycles. The van der Waals surface area contributed by atoms with Crippen molar-refractivity contribution in [2.24, 2.45) is 5.14 Å². The number of imide groups is 1. The Morgan fingerprint density at radius 1 is 0.875 bits per heavy atom. The molecular weight excluding hydrogens is 433 g/mol. The molecule has 4 N–H and O–H groups in total. The molecule has 2 amide bonds. The number of benzene rings is 3. The second-order valence-corrected chi connectivity index (χ2v) is 8.74. The van der Waals surface area contributed by atoms with Crippen molar-refractivity contribution in [3.8, 4) is 11.1 Å². The van der Waals surface area contributed by atoms with Gasteiger partial charge in [0.15, 0.2) is 0 Å². The fraction of sp³-hybridized carbons (Fsp3) is 0.0435. The van der Waals surface area contributed by atoms with Gasteiger partial charge >= 0.3 is 0 Å². The quantitative estimate of drug-likeness (QED) is 0.407. The van der Waals surface area contributed by atoms with E-state index in [1.165, 1.54) is 30.5 Å². The van der Waals surface area contributed by atoms with Crippen molar-refractivity contribution in [2.45, 2.75) is 11.4 Å². The first-order chi connectivity index (χ1) is 15.2. The lowest BCUT2D eigenvalue weighted by Gasteiger charge is -2.19. The minimum absolute atomic E-state index is 0.00650. The monoisotopic (exact) mass is 451 g/mol. The zero-order valence-corrected chi connectivity index (χ0v) is 17.4. The van der Waals surface area contributed by atoms with Crippen LogP contribution in [-0.2, 0) is 21.4 Å². The minimum atomic E-state index is -3.77. The summed E-state index contributed by atoms with van der Waals surface area (Å²) in [4.78, 5) is 24.7. The molecule has 0 fully saturated rings. The van der Waals surface area contributed by atoms with E-state index in [4.69, 9.17) is 5.14 Å². The fourth-order valence-electron chi connectivity index (χ4n) is 3.36. The van der Waals surface area contributed by atoms with E-state index in [-0.39, 0.29) is 16.3 Å². The Morgan fingerprint density at radius 2 is 1.53 bits per heavy atom. The van der Waals surface area contributed by atoms with Crippen LogP contribution in [0.1, 0.15) is 21.5 Å². The highest BCUT2D eigenvalue weighted by Gasteiger charge is 2.27. The molecule has 0 aliphatic carbocycles. The second-order valence-electron chi connectivity index (χ2n) is 7.18. The van der Waals surface area contributed by atoms with Gasteiger partial charge in [-0.3, -0.25) is 14.9 Å². The van der Waals surface area contributed by atoms with Crippen LogP contribution in [0, 0.1) is 5.82 Å². The number of halogens is 1. The molecule has 0 radical (unpaired) electrons. The number of rotatable bonds is 5. The first-order valence-corrected chi connectivity index (χ1v) is 11.1. The van der Waals surface area contributed by atoms with Crippen LogP contribution < -0.4 is 15.8 Å². The Labute approximate surface area is 183 Å². The van der Waals surface area contributed by atoms with Crippen LogP contribution in [0.2, 0.25) is 0 Å². The third-order valence-corrected chi connectivity index (χ3v) is 5.94. The number of nitrogens with two attached hydrogens (primary N) is 1. The number of hydrogen-bond acceptors (Lipinski definition) is 5. The molecule has 0 saturated carbocycles. The topological polar surface area (TPSA) is 118 Å². The summed E-state index contributed by atoms with van der Waals surface area (Å²) in [7, 11) is -3.77. The van der Waals surface area contributed by atoms with Gasteiger partial charge in [-0.05, 0) is 53.1 Å². The van der Waals surface area contributed by atoms with E-state index in [2.05, 4.69) is 10.6 Å². The van der Waals surface area contributed by atoms with Gasteiger partial charge in [0.05, 0.1) is 10.5 Å². The number of carbonyl (C=O) groups excluding carboxylic acids is 2. The molecular formula is C23H18FN3O4S. The molecule has 0 atom stereocenters. The third-order valence-electron chi connectivity index (χ3n) is 5.01. The van der Waals surface area contributed by atoms with Crippen LogP contribution in [0.3, 0.4) is 0 Å².